The number of methoxy groups -OCH3 is 3. The molecule has 0 amide bonds. The van der Waals surface area contributed by atoms with Crippen molar-refractivity contribution in [3.63, 3.8) is 0 Å². The second kappa shape index (κ2) is 13.1. The molecule has 0 saturated carbocycles. The first kappa shape index (κ1) is 28.0. The van der Waals surface area contributed by atoms with Crippen LogP contribution in [0.1, 0.15) is 30.0 Å². The summed E-state index contributed by atoms with van der Waals surface area (Å²) in [6, 6.07) is 30.2. The fraction of sp³-hybridized carbons (Fsp3) is 0.387. The average Bonchev–Trinajstić information content (AvgIpc) is 2.99. The van der Waals surface area contributed by atoms with Gasteiger partial charge in [0.05, 0.1) is 6.61 Å². The zero-order chi connectivity index (χ0) is 27.0. The molecule has 0 N–H and O–H groups in total. The van der Waals surface area contributed by atoms with E-state index in [1.54, 1.807) is 28.3 Å². The molecule has 202 valence electrons. The monoisotopic (exact) mass is 520 g/mol. The van der Waals surface area contributed by atoms with Gasteiger partial charge in [0.1, 0.15) is 23.9 Å². The molecule has 1 aliphatic heterocycles. The second-order valence-electron chi connectivity index (χ2n) is 9.08. The highest BCUT2D eigenvalue weighted by atomic mass is 16.7. The molecule has 1 heterocycles. The number of rotatable bonds is 11. The molecule has 1 fully saturated rings. The number of ether oxygens (including phenoxy) is 6. The van der Waals surface area contributed by atoms with Crippen molar-refractivity contribution in [3.8, 4) is 0 Å². The predicted octanol–water partition coefficient (Wildman–Crippen LogP) is 4.72. The quantitative estimate of drug-likeness (QED) is 0.268. The van der Waals surface area contributed by atoms with E-state index in [1.807, 2.05) is 91.0 Å². The van der Waals surface area contributed by atoms with Crippen LogP contribution in [0.2, 0.25) is 0 Å². The topological polar surface area (TPSA) is 72.5 Å². The van der Waals surface area contributed by atoms with Gasteiger partial charge < -0.3 is 28.4 Å². The van der Waals surface area contributed by atoms with Gasteiger partial charge in [0.15, 0.2) is 12.4 Å². The molecule has 0 radical (unpaired) electrons. The van der Waals surface area contributed by atoms with Gasteiger partial charge in [-0.05, 0) is 16.7 Å². The van der Waals surface area contributed by atoms with Crippen molar-refractivity contribution < 1.29 is 33.2 Å². The molecule has 1 saturated heterocycles. The van der Waals surface area contributed by atoms with Crippen LogP contribution in [-0.2, 0) is 38.8 Å². The maximum atomic E-state index is 12.5. The van der Waals surface area contributed by atoms with E-state index in [1.165, 1.54) is 0 Å². The van der Waals surface area contributed by atoms with Gasteiger partial charge in [-0.25, -0.2) is 0 Å². The van der Waals surface area contributed by atoms with Crippen LogP contribution in [0.25, 0.3) is 0 Å². The Morgan fingerprint density at radius 2 is 1.18 bits per heavy atom. The highest BCUT2D eigenvalue weighted by molar-refractivity contribution is 5.69. The Morgan fingerprint density at radius 3 is 1.58 bits per heavy atom. The van der Waals surface area contributed by atoms with Crippen LogP contribution in [0.3, 0.4) is 0 Å². The number of benzene rings is 3. The van der Waals surface area contributed by atoms with Crippen LogP contribution in [0, 0.1) is 0 Å². The lowest BCUT2D eigenvalue weighted by molar-refractivity contribution is -0.309. The van der Waals surface area contributed by atoms with Crippen molar-refractivity contribution in [2.24, 2.45) is 0 Å². The summed E-state index contributed by atoms with van der Waals surface area (Å²) in [7, 11) is 4.65. The standard InChI is InChI=1S/C31H36O7/c1-5-26(32)38-27-25(37-30(35-4)29(34-3)28(27)33-2)21-36-31(22-15-9-6-10-16-22,23-17-11-7-12-18-23)24-19-13-8-14-20-24/h6-20,25,27-30H,5,21H2,1-4H3/t25-,27-,28+,29-,30+/m1/s1. The van der Waals surface area contributed by atoms with E-state index < -0.39 is 36.3 Å². The van der Waals surface area contributed by atoms with Gasteiger partial charge in [0, 0.05) is 27.8 Å². The summed E-state index contributed by atoms with van der Waals surface area (Å²) in [6.45, 7) is 1.83. The zero-order valence-corrected chi connectivity index (χ0v) is 22.3. The Balaban J connectivity index is 1.79. The van der Waals surface area contributed by atoms with Crippen LogP contribution in [0.15, 0.2) is 91.0 Å². The van der Waals surface area contributed by atoms with E-state index in [0.29, 0.717) is 0 Å². The Labute approximate surface area is 224 Å². The third-order valence-corrected chi connectivity index (χ3v) is 6.93. The van der Waals surface area contributed by atoms with Gasteiger partial charge in [0.2, 0.25) is 0 Å². The smallest absolute Gasteiger partial charge is 0.305 e. The van der Waals surface area contributed by atoms with Crippen molar-refractivity contribution in [2.75, 3.05) is 27.9 Å². The molecule has 7 nitrogen and oxygen atoms in total. The Hall–Kier alpha value is -3.07. The molecule has 4 rings (SSSR count). The second-order valence-corrected chi connectivity index (χ2v) is 9.08. The molecule has 0 bridgehead atoms. The zero-order valence-electron chi connectivity index (χ0n) is 22.3. The minimum atomic E-state index is -0.963. The van der Waals surface area contributed by atoms with Crippen LogP contribution in [0.4, 0.5) is 0 Å². The maximum absolute atomic E-state index is 12.5. The SMILES string of the molecule is CCC(=O)O[C@H]1[C@H](OC)[C@@H](OC)[C@@H](OC)O[C@@H]1COC(c1ccccc1)(c1ccccc1)c1ccccc1. The summed E-state index contributed by atoms with van der Waals surface area (Å²) in [5.74, 6) is -0.364. The number of carbonyl (C=O) groups is 1. The average molecular weight is 521 g/mol. The predicted molar refractivity (Wildman–Crippen MR) is 143 cm³/mol. The van der Waals surface area contributed by atoms with E-state index in [4.69, 9.17) is 28.4 Å². The minimum Gasteiger partial charge on any atom is -0.457 e. The van der Waals surface area contributed by atoms with Gasteiger partial charge in [-0.2, -0.15) is 0 Å². The van der Waals surface area contributed by atoms with Crippen molar-refractivity contribution in [2.45, 2.75) is 49.7 Å². The lowest BCUT2D eigenvalue weighted by Gasteiger charge is -2.45. The van der Waals surface area contributed by atoms with Crippen LogP contribution in [0.5, 0.6) is 0 Å². The molecule has 3 aromatic rings. The third-order valence-electron chi connectivity index (χ3n) is 6.93. The molecule has 0 spiro atoms. The molecule has 5 atom stereocenters. The summed E-state index contributed by atoms with van der Waals surface area (Å²) >= 11 is 0. The van der Waals surface area contributed by atoms with Gasteiger partial charge in [-0.3, -0.25) is 4.79 Å². The number of esters is 1. The van der Waals surface area contributed by atoms with Crippen molar-refractivity contribution in [1.82, 2.24) is 0 Å². The number of carbonyl (C=O) groups excluding carboxylic acids is 1. The molecule has 1 aliphatic rings. The first-order valence-corrected chi connectivity index (χ1v) is 12.8. The molecule has 3 aromatic carbocycles. The van der Waals surface area contributed by atoms with Crippen molar-refractivity contribution in [3.05, 3.63) is 108 Å². The summed E-state index contributed by atoms with van der Waals surface area (Å²) in [5.41, 5.74) is 1.90. The van der Waals surface area contributed by atoms with Gasteiger partial charge in [0.25, 0.3) is 0 Å². The fourth-order valence-corrected chi connectivity index (χ4v) is 5.07. The van der Waals surface area contributed by atoms with E-state index in [2.05, 4.69) is 0 Å². The maximum Gasteiger partial charge on any atom is 0.305 e. The van der Waals surface area contributed by atoms with Gasteiger partial charge >= 0.3 is 5.97 Å². The van der Waals surface area contributed by atoms with Gasteiger partial charge in [-0.1, -0.05) is 97.9 Å². The van der Waals surface area contributed by atoms with E-state index in [0.717, 1.165) is 16.7 Å². The van der Waals surface area contributed by atoms with E-state index in [9.17, 15) is 4.79 Å². The van der Waals surface area contributed by atoms with Crippen molar-refractivity contribution >= 4 is 5.97 Å². The molecule has 0 aliphatic carbocycles. The lowest BCUT2D eigenvalue weighted by Crippen LogP contribution is -2.62. The number of hydrogen-bond acceptors (Lipinski definition) is 7. The van der Waals surface area contributed by atoms with Crippen LogP contribution < -0.4 is 0 Å². The summed E-state index contributed by atoms with van der Waals surface area (Å²) in [6.07, 6.45) is -3.21. The van der Waals surface area contributed by atoms with Crippen LogP contribution >= 0.6 is 0 Å². The first-order chi connectivity index (χ1) is 18.6. The molecule has 38 heavy (non-hydrogen) atoms. The summed E-state index contributed by atoms with van der Waals surface area (Å²) in [5, 5.41) is 0. The first-order valence-electron chi connectivity index (χ1n) is 12.8. The summed E-state index contributed by atoms with van der Waals surface area (Å²) in [4.78, 5) is 12.5. The number of hydrogen-bond donors (Lipinski definition) is 0. The van der Waals surface area contributed by atoms with E-state index in [-0.39, 0.29) is 19.0 Å². The Bertz CT molecular complexity index is 1030. The lowest BCUT2D eigenvalue weighted by atomic mass is 9.80. The highest BCUT2D eigenvalue weighted by Crippen LogP contribution is 2.41. The highest BCUT2D eigenvalue weighted by Gasteiger charge is 2.50. The normalized spacial score (nSPS) is 23.6. The van der Waals surface area contributed by atoms with E-state index >= 15 is 0 Å². The Kier molecular flexibility index (Phi) is 9.66. The minimum absolute atomic E-state index is 0.0799. The van der Waals surface area contributed by atoms with Crippen molar-refractivity contribution in [1.29, 1.82) is 0 Å². The molecule has 0 unspecified atom stereocenters. The molecular weight excluding hydrogens is 484 g/mol. The molecular formula is C31H36O7. The summed E-state index contributed by atoms with van der Waals surface area (Å²) < 4.78 is 36.1. The Morgan fingerprint density at radius 1 is 0.711 bits per heavy atom. The molecule has 0 aromatic heterocycles. The third kappa shape index (κ3) is 5.67. The fourth-order valence-electron chi connectivity index (χ4n) is 5.07. The molecule has 7 heteroatoms. The van der Waals surface area contributed by atoms with Crippen LogP contribution in [-0.4, -0.2) is 64.6 Å². The van der Waals surface area contributed by atoms with Gasteiger partial charge in [-0.15, -0.1) is 0 Å². The largest absolute Gasteiger partial charge is 0.457 e.